The molecule has 0 aliphatic rings. The van der Waals surface area contributed by atoms with E-state index in [1.165, 1.54) is 24.1 Å². The SMILES string of the molecule is CCCCc1c(-c2ccccc2)ncn1[C@H](C)Cc1cnccn1. The molecular formula is C20H24N4. The second kappa shape index (κ2) is 7.86. The van der Waals surface area contributed by atoms with E-state index in [9.17, 15) is 0 Å². The number of hydrogen-bond donors (Lipinski definition) is 0. The molecule has 0 unspecified atom stereocenters. The van der Waals surface area contributed by atoms with Gasteiger partial charge in [-0.3, -0.25) is 9.97 Å². The van der Waals surface area contributed by atoms with Crippen molar-refractivity contribution in [2.75, 3.05) is 0 Å². The summed E-state index contributed by atoms with van der Waals surface area (Å²) >= 11 is 0. The summed E-state index contributed by atoms with van der Waals surface area (Å²) in [6.45, 7) is 4.45. The molecule has 0 aliphatic carbocycles. The zero-order valence-corrected chi connectivity index (χ0v) is 14.4. The van der Waals surface area contributed by atoms with Crippen LogP contribution in [-0.4, -0.2) is 19.5 Å². The Bertz CT molecular complexity index is 750. The summed E-state index contributed by atoms with van der Waals surface area (Å²) in [5.74, 6) is 0. The Morgan fingerprint density at radius 2 is 1.92 bits per heavy atom. The summed E-state index contributed by atoms with van der Waals surface area (Å²) in [5.41, 5.74) is 4.63. The van der Waals surface area contributed by atoms with Gasteiger partial charge in [0.25, 0.3) is 0 Å². The van der Waals surface area contributed by atoms with Crippen molar-refractivity contribution in [1.29, 1.82) is 0 Å². The molecule has 0 bridgehead atoms. The van der Waals surface area contributed by atoms with Crippen LogP contribution in [0.4, 0.5) is 0 Å². The molecule has 4 nitrogen and oxygen atoms in total. The minimum absolute atomic E-state index is 0.304. The van der Waals surface area contributed by atoms with Gasteiger partial charge >= 0.3 is 0 Å². The standard InChI is InChI=1S/C20H24N4/c1-3-4-10-19-20(17-8-6-5-7-9-17)23-15-24(19)16(2)13-18-14-21-11-12-22-18/h5-9,11-12,14-16H,3-4,10,13H2,1-2H3/t16-/m1/s1. The zero-order chi connectivity index (χ0) is 16.8. The third kappa shape index (κ3) is 3.70. The number of rotatable bonds is 7. The van der Waals surface area contributed by atoms with E-state index in [2.05, 4.69) is 52.6 Å². The summed E-state index contributed by atoms with van der Waals surface area (Å²) in [4.78, 5) is 13.3. The highest BCUT2D eigenvalue weighted by Crippen LogP contribution is 2.27. The van der Waals surface area contributed by atoms with Crippen LogP contribution in [0, 0.1) is 0 Å². The molecule has 0 spiro atoms. The summed E-state index contributed by atoms with van der Waals surface area (Å²) in [6, 6.07) is 10.8. The Hall–Kier alpha value is -2.49. The Morgan fingerprint density at radius 1 is 1.08 bits per heavy atom. The molecule has 1 aromatic carbocycles. The molecule has 0 radical (unpaired) electrons. The largest absolute Gasteiger partial charge is 0.331 e. The number of imidazole rings is 1. The number of hydrogen-bond acceptors (Lipinski definition) is 3. The molecular weight excluding hydrogens is 296 g/mol. The van der Waals surface area contributed by atoms with Gasteiger partial charge in [-0.15, -0.1) is 0 Å². The second-order valence-electron chi connectivity index (χ2n) is 6.17. The lowest BCUT2D eigenvalue weighted by molar-refractivity contribution is 0.514. The molecule has 4 heteroatoms. The van der Waals surface area contributed by atoms with Crippen LogP contribution in [0.5, 0.6) is 0 Å². The van der Waals surface area contributed by atoms with Gasteiger partial charge in [0.2, 0.25) is 0 Å². The van der Waals surface area contributed by atoms with Crippen LogP contribution >= 0.6 is 0 Å². The minimum Gasteiger partial charge on any atom is -0.331 e. The summed E-state index contributed by atoms with van der Waals surface area (Å²) < 4.78 is 2.31. The number of aromatic nitrogens is 4. The van der Waals surface area contributed by atoms with Crippen molar-refractivity contribution in [3.05, 3.63) is 66.6 Å². The molecule has 2 aromatic heterocycles. The van der Waals surface area contributed by atoms with E-state index in [4.69, 9.17) is 4.98 Å². The monoisotopic (exact) mass is 320 g/mol. The van der Waals surface area contributed by atoms with Crippen LogP contribution in [0.25, 0.3) is 11.3 Å². The molecule has 124 valence electrons. The van der Waals surface area contributed by atoms with Gasteiger partial charge in [0.15, 0.2) is 0 Å². The van der Waals surface area contributed by atoms with E-state index in [1.807, 2.05) is 18.6 Å². The van der Waals surface area contributed by atoms with Gasteiger partial charge in [0, 0.05) is 42.3 Å². The molecule has 1 atom stereocenters. The maximum Gasteiger partial charge on any atom is 0.0958 e. The quantitative estimate of drug-likeness (QED) is 0.644. The molecule has 0 amide bonds. The van der Waals surface area contributed by atoms with Crippen molar-refractivity contribution < 1.29 is 0 Å². The van der Waals surface area contributed by atoms with Crippen LogP contribution in [0.3, 0.4) is 0 Å². The lowest BCUT2D eigenvalue weighted by Gasteiger charge is -2.17. The van der Waals surface area contributed by atoms with Crippen molar-refractivity contribution in [2.45, 2.75) is 45.6 Å². The van der Waals surface area contributed by atoms with Crippen LogP contribution < -0.4 is 0 Å². The first kappa shape index (κ1) is 16.4. The first-order valence-corrected chi connectivity index (χ1v) is 8.65. The highest BCUT2D eigenvalue weighted by molar-refractivity contribution is 5.61. The fourth-order valence-corrected chi connectivity index (χ4v) is 3.03. The minimum atomic E-state index is 0.304. The number of benzene rings is 1. The Labute approximate surface area is 143 Å². The maximum absolute atomic E-state index is 4.73. The molecule has 24 heavy (non-hydrogen) atoms. The number of unbranched alkanes of at least 4 members (excludes halogenated alkanes) is 1. The van der Waals surface area contributed by atoms with Crippen LogP contribution in [-0.2, 0) is 12.8 Å². The Balaban J connectivity index is 1.90. The van der Waals surface area contributed by atoms with E-state index in [1.54, 1.807) is 12.4 Å². The molecule has 0 fully saturated rings. The highest BCUT2D eigenvalue weighted by Gasteiger charge is 2.17. The van der Waals surface area contributed by atoms with Gasteiger partial charge in [-0.25, -0.2) is 4.98 Å². The van der Waals surface area contributed by atoms with E-state index < -0.39 is 0 Å². The maximum atomic E-state index is 4.73. The van der Waals surface area contributed by atoms with E-state index in [-0.39, 0.29) is 0 Å². The normalized spacial score (nSPS) is 12.2. The molecule has 2 heterocycles. The summed E-state index contributed by atoms with van der Waals surface area (Å²) in [7, 11) is 0. The molecule has 3 rings (SSSR count). The van der Waals surface area contributed by atoms with Crippen LogP contribution in [0.15, 0.2) is 55.2 Å². The predicted molar refractivity (Wildman–Crippen MR) is 96.7 cm³/mol. The van der Waals surface area contributed by atoms with Crippen molar-refractivity contribution in [1.82, 2.24) is 19.5 Å². The van der Waals surface area contributed by atoms with Crippen molar-refractivity contribution in [3.63, 3.8) is 0 Å². The van der Waals surface area contributed by atoms with Gasteiger partial charge in [-0.2, -0.15) is 0 Å². The molecule has 0 saturated carbocycles. The third-order valence-corrected chi connectivity index (χ3v) is 4.31. The molecule has 0 N–H and O–H groups in total. The lowest BCUT2D eigenvalue weighted by Crippen LogP contribution is -2.12. The first-order valence-electron chi connectivity index (χ1n) is 8.65. The number of nitrogens with zero attached hydrogens (tertiary/aromatic N) is 4. The van der Waals surface area contributed by atoms with Crippen LogP contribution in [0.1, 0.15) is 44.1 Å². The predicted octanol–water partition coefficient (Wildman–Crippen LogP) is 4.49. The highest BCUT2D eigenvalue weighted by atomic mass is 15.1. The Kier molecular flexibility index (Phi) is 5.36. The van der Waals surface area contributed by atoms with E-state index >= 15 is 0 Å². The third-order valence-electron chi connectivity index (χ3n) is 4.31. The van der Waals surface area contributed by atoms with Gasteiger partial charge in [-0.05, 0) is 19.8 Å². The van der Waals surface area contributed by atoms with E-state index in [0.717, 1.165) is 24.2 Å². The van der Waals surface area contributed by atoms with E-state index in [0.29, 0.717) is 6.04 Å². The van der Waals surface area contributed by atoms with Crippen molar-refractivity contribution in [2.24, 2.45) is 0 Å². The first-order chi connectivity index (χ1) is 11.8. The van der Waals surface area contributed by atoms with Crippen LogP contribution in [0.2, 0.25) is 0 Å². The Morgan fingerprint density at radius 3 is 2.62 bits per heavy atom. The average Bonchev–Trinajstić information content (AvgIpc) is 3.05. The smallest absolute Gasteiger partial charge is 0.0958 e. The summed E-state index contributed by atoms with van der Waals surface area (Å²) in [6.07, 6.45) is 11.5. The van der Waals surface area contributed by atoms with Gasteiger partial charge in [0.05, 0.1) is 17.7 Å². The average molecular weight is 320 g/mol. The molecule has 3 aromatic rings. The van der Waals surface area contributed by atoms with Gasteiger partial charge in [0.1, 0.15) is 0 Å². The fourth-order valence-electron chi connectivity index (χ4n) is 3.03. The lowest BCUT2D eigenvalue weighted by atomic mass is 10.1. The van der Waals surface area contributed by atoms with Crippen molar-refractivity contribution in [3.8, 4) is 11.3 Å². The second-order valence-corrected chi connectivity index (χ2v) is 6.17. The topological polar surface area (TPSA) is 43.6 Å². The zero-order valence-electron chi connectivity index (χ0n) is 14.4. The fraction of sp³-hybridized carbons (Fsp3) is 0.350. The summed E-state index contributed by atoms with van der Waals surface area (Å²) in [5, 5.41) is 0. The molecule has 0 saturated heterocycles. The van der Waals surface area contributed by atoms with Gasteiger partial charge < -0.3 is 4.57 Å². The molecule has 0 aliphatic heterocycles. The van der Waals surface area contributed by atoms with Crippen molar-refractivity contribution >= 4 is 0 Å². The van der Waals surface area contributed by atoms with Gasteiger partial charge in [-0.1, -0.05) is 43.7 Å².